The van der Waals surface area contributed by atoms with Crippen molar-refractivity contribution < 1.29 is 0 Å². The highest BCUT2D eigenvalue weighted by Gasteiger charge is 2.20. The second-order valence-corrected chi connectivity index (χ2v) is 7.24. The van der Waals surface area contributed by atoms with Gasteiger partial charge in [0, 0.05) is 6.04 Å². The quantitative estimate of drug-likeness (QED) is 0.784. The third-order valence-corrected chi connectivity index (χ3v) is 3.97. The Labute approximate surface area is 119 Å². The highest BCUT2D eigenvalue weighted by Crippen LogP contribution is 2.31. The Morgan fingerprint density at radius 2 is 1.79 bits per heavy atom. The summed E-state index contributed by atoms with van der Waals surface area (Å²) >= 11 is 0. The lowest BCUT2D eigenvalue weighted by Gasteiger charge is -2.28. The molecule has 1 aromatic carbocycles. The van der Waals surface area contributed by atoms with Crippen LogP contribution in [0.25, 0.3) is 0 Å². The molecule has 0 fully saturated rings. The molecule has 0 amide bonds. The summed E-state index contributed by atoms with van der Waals surface area (Å²) in [4.78, 5) is 0. The van der Waals surface area contributed by atoms with Crippen molar-refractivity contribution in [3.8, 4) is 0 Å². The summed E-state index contributed by atoms with van der Waals surface area (Å²) < 4.78 is 0. The van der Waals surface area contributed by atoms with Crippen molar-refractivity contribution in [2.75, 3.05) is 7.05 Å². The second-order valence-electron chi connectivity index (χ2n) is 7.24. The van der Waals surface area contributed by atoms with E-state index in [1.807, 2.05) is 0 Å². The molecule has 1 aromatic rings. The number of hydrogen-bond acceptors (Lipinski definition) is 1. The van der Waals surface area contributed by atoms with Gasteiger partial charge in [-0.25, -0.2) is 0 Å². The third-order valence-electron chi connectivity index (χ3n) is 3.97. The van der Waals surface area contributed by atoms with Gasteiger partial charge in [-0.15, -0.1) is 0 Å². The van der Waals surface area contributed by atoms with Gasteiger partial charge in [0.2, 0.25) is 0 Å². The topological polar surface area (TPSA) is 12.0 Å². The summed E-state index contributed by atoms with van der Waals surface area (Å²) in [5.74, 6) is 0.734. The number of nitrogens with one attached hydrogen (secondary N) is 1. The zero-order chi connectivity index (χ0) is 14.6. The van der Waals surface area contributed by atoms with Crippen LogP contribution in [-0.4, -0.2) is 7.05 Å². The van der Waals surface area contributed by atoms with Crippen LogP contribution < -0.4 is 5.32 Å². The minimum absolute atomic E-state index is 0.416. The molecule has 0 spiro atoms. The molecule has 2 atom stereocenters. The minimum atomic E-state index is 0.416. The standard InChI is InChI=1S/C18H31N/c1-13(12-18(4,5)6)11-17(19-7)16-10-8-9-14(2)15(16)3/h8-10,13,17,19H,11-12H2,1-7H3. The molecule has 1 heteroatoms. The Balaban J connectivity index is 2.81. The normalized spacial score (nSPS) is 15.3. The lowest BCUT2D eigenvalue weighted by atomic mass is 9.81. The molecule has 108 valence electrons. The van der Waals surface area contributed by atoms with E-state index in [0.29, 0.717) is 11.5 Å². The van der Waals surface area contributed by atoms with Gasteiger partial charge in [-0.1, -0.05) is 45.9 Å². The monoisotopic (exact) mass is 261 g/mol. The van der Waals surface area contributed by atoms with Crippen LogP contribution in [0.5, 0.6) is 0 Å². The SMILES string of the molecule is CNC(CC(C)CC(C)(C)C)c1cccc(C)c1C. The average molecular weight is 261 g/mol. The lowest BCUT2D eigenvalue weighted by molar-refractivity contribution is 0.279. The Kier molecular flexibility index (Phi) is 5.61. The van der Waals surface area contributed by atoms with Gasteiger partial charge in [0.15, 0.2) is 0 Å². The molecule has 0 heterocycles. The third kappa shape index (κ3) is 4.99. The predicted octanol–water partition coefficient (Wildman–Crippen LogP) is 5.03. The van der Waals surface area contributed by atoms with E-state index in [2.05, 4.69) is 72.1 Å². The zero-order valence-electron chi connectivity index (χ0n) is 13.8. The van der Waals surface area contributed by atoms with Crippen LogP contribution in [0.4, 0.5) is 0 Å². The van der Waals surface area contributed by atoms with Crippen LogP contribution in [0.1, 0.15) is 63.3 Å². The van der Waals surface area contributed by atoms with E-state index in [1.54, 1.807) is 0 Å². The maximum atomic E-state index is 3.50. The second kappa shape index (κ2) is 6.56. The van der Waals surface area contributed by atoms with Gasteiger partial charge < -0.3 is 5.32 Å². The molecule has 0 saturated heterocycles. The molecule has 0 aliphatic rings. The highest BCUT2D eigenvalue weighted by atomic mass is 14.9. The van der Waals surface area contributed by atoms with E-state index in [4.69, 9.17) is 0 Å². The van der Waals surface area contributed by atoms with Crippen molar-refractivity contribution in [3.63, 3.8) is 0 Å². The summed E-state index contributed by atoms with van der Waals surface area (Å²) in [5.41, 5.74) is 4.70. The van der Waals surface area contributed by atoms with Gasteiger partial charge in [0.1, 0.15) is 0 Å². The van der Waals surface area contributed by atoms with Crippen molar-refractivity contribution in [2.24, 2.45) is 11.3 Å². The first-order chi connectivity index (χ1) is 8.74. The largest absolute Gasteiger partial charge is 0.313 e. The maximum Gasteiger partial charge on any atom is 0.0322 e. The fourth-order valence-corrected chi connectivity index (χ4v) is 3.08. The summed E-state index contributed by atoms with van der Waals surface area (Å²) in [5, 5.41) is 3.50. The maximum absolute atomic E-state index is 3.50. The van der Waals surface area contributed by atoms with E-state index in [9.17, 15) is 0 Å². The van der Waals surface area contributed by atoms with Crippen LogP contribution in [0.15, 0.2) is 18.2 Å². The van der Waals surface area contributed by atoms with E-state index in [0.717, 1.165) is 5.92 Å². The van der Waals surface area contributed by atoms with Gasteiger partial charge in [0.25, 0.3) is 0 Å². The number of benzene rings is 1. The molecule has 1 N–H and O–H groups in total. The molecule has 0 aliphatic heterocycles. The molecular weight excluding hydrogens is 230 g/mol. The molecule has 0 radical (unpaired) electrons. The molecular formula is C18H31N. The lowest BCUT2D eigenvalue weighted by Crippen LogP contribution is -2.22. The molecule has 0 aromatic heterocycles. The fraction of sp³-hybridized carbons (Fsp3) is 0.667. The smallest absolute Gasteiger partial charge is 0.0322 e. The Morgan fingerprint density at radius 1 is 1.16 bits per heavy atom. The van der Waals surface area contributed by atoms with Gasteiger partial charge in [-0.05, 0) is 61.8 Å². The van der Waals surface area contributed by atoms with Crippen molar-refractivity contribution in [1.29, 1.82) is 0 Å². The van der Waals surface area contributed by atoms with E-state index < -0.39 is 0 Å². The van der Waals surface area contributed by atoms with Crippen LogP contribution in [-0.2, 0) is 0 Å². The number of aryl methyl sites for hydroxylation is 1. The molecule has 0 bridgehead atoms. The zero-order valence-corrected chi connectivity index (χ0v) is 13.8. The van der Waals surface area contributed by atoms with Gasteiger partial charge in [0.05, 0.1) is 0 Å². The van der Waals surface area contributed by atoms with Crippen molar-refractivity contribution in [2.45, 2.75) is 60.4 Å². The van der Waals surface area contributed by atoms with Crippen LogP contribution >= 0.6 is 0 Å². The average Bonchev–Trinajstić information content (AvgIpc) is 2.27. The fourth-order valence-electron chi connectivity index (χ4n) is 3.08. The van der Waals surface area contributed by atoms with Gasteiger partial charge in [-0.3, -0.25) is 0 Å². The van der Waals surface area contributed by atoms with Crippen molar-refractivity contribution in [3.05, 3.63) is 34.9 Å². The molecule has 1 rings (SSSR count). The summed E-state index contributed by atoms with van der Waals surface area (Å²) in [6.07, 6.45) is 2.48. The molecule has 19 heavy (non-hydrogen) atoms. The highest BCUT2D eigenvalue weighted by molar-refractivity contribution is 5.35. The van der Waals surface area contributed by atoms with Gasteiger partial charge >= 0.3 is 0 Å². The molecule has 2 unspecified atom stereocenters. The van der Waals surface area contributed by atoms with E-state index >= 15 is 0 Å². The minimum Gasteiger partial charge on any atom is -0.313 e. The van der Waals surface area contributed by atoms with E-state index in [-0.39, 0.29) is 0 Å². The summed E-state index contributed by atoms with van der Waals surface area (Å²) in [7, 11) is 2.08. The first-order valence-corrected chi connectivity index (χ1v) is 7.48. The Morgan fingerprint density at radius 3 is 2.32 bits per heavy atom. The molecule has 1 nitrogen and oxygen atoms in total. The molecule has 0 aliphatic carbocycles. The first-order valence-electron chi connectivity index (χ1n) is 7.48. The Hall–Kier alpha value is -0.820. The summed E-state index contributed by atoms with van der Waals surface area (Å²) in [6.45, 7) is 13.8. The van der Waals surface area contributed by atoms with E-state index in [1.165, 1.54) is 29.5 Å². The Bertz CT molecular complexity index is 401. The van der Waals surface area contributed by atoms with Gasteiger partial charge in [-0.2, -0.15) is 0 Å². The number of rotatable bonds is 5. The predicted molar refractivity (Wildman–Crippen MR) is 85.6 cm³/mol. The van der Waals surface area contributed by atoms with Crippen molar-refractivity contribution in [1.82, 2.24) is 5.32 Å². The number of hydrogen-bond donors (Lipinski definition) is 1. The molecule has 0 saturated carbocycles. The van der Waals surface area contributed by atoms with Crippen LogP contribution in [0.3, 0.4) is 0 Å². The van der Waals surface area contributed by atoms with Crippen LogP contribution in [0.2, 0.25) is 0 Å². The van der Waals surface area contributed by atoms with Crippen LogP contribution in [0, 0.1) is 25.2 Å². The first kappa shape index (κ1) is 16.2. The van der Waals surface area contributed by atoms with Crippen molar-refractivity contribution >= 4 is 0 Å². The summed E-state index contributed by atoms with van der Waals surface area (Å²) in [6, 6.07) is 7.12.